The van der Waals surface area contributed by atoms with Gasteiger partial charge in [-0.15, -0.1) is 0 Å². The lowest BCUT2D eigenvalue weighted by molar-refractivity contribution is -0.121. The first-order valence-electron chi connectivity index (χ1n) is 9.14. The number of hydrogen-bond acceptors (Lipinski definition) is 4. The van der Waals surface area contributed by atoms with E-state index >= 15 is 0 Å². The molecule has 0 aliphatic heterocycles. The fourth-order valence-corrected chi connectivity index (χ4v) is 2.86. The van der Waals surface area contributed by atoms with Gasteiger partial charge in [0.2, 0.25) is 11.8 Å². The second-order valence-electron chi connectivity index (χ2n) is 6.39. The topological polar surface area (TPSA) is 73.0 Å². The number of para-hydroxylation sites is 1. The van der Waals surface area contributed by atoms with Crippen LogP contribution < -0.4 is 5.32 Å². The van der Waals surface area contributed by atoms with E-state index in [1.54, 1.807) is 12.4 Å². The molecule has 0 bridgehead atoms. The number of oxazole rings is 1. The number of rotatable bonds is 7. The normalized spacial score (nSPS) is 10.7. The molecule has 1 N–H and O–H groups in total. The average molecular weight is 372 g/mol. The number of aryl methyl sites for hydroxylation is 1. The molecule has 6 heteroatoms. The van der Waals surface area contributed by atoms with Gasteiger partial charge in [-0.25, -0.2) is 9.67 Å². The van der Waals surface area contributed by atoms with Gasteiger partial charge in [-0.1, -0.05) is 48.5 Å². The Labute approximate surface area is 162 Å². The summed E-state index contributed by atoms with van der Waals surface area (Å²) >= 11 is 0. The molecule has 0 aliphatic rings. The molecular weight excluding hydrogens is 352 g/mol. The van der Waals surface area contributed by atoms with Gasteiger partial charge in [0, 0.05) is 18.2 Å². The summed E-state index contributed by atoms with van der Waals surface area (Å²) in [5, 5.41) is 7.20. The lowest BCUT2D eigenvalue weighted by Gasteiger charge is -2.02. The van der Waals surface area contributed by atoms with E-state index in [1.165, 1.54) is 0 Å². The summed E-state index contributed by atoms with van der Waals surface area (Å²) in [5.74, 6) is 1.13. The largest absolute Gasteiger partial charge is 0.439 e. The summed E-state index contributed by atoms with van der Waals surface area (Å²) in [6, 6.07) is 19.6. The monoisotopic (exact) mass is 372 g/mol. The van der Waals surface area contributed by atoms with E-state index in [0.29, 0.717) is 24.5 Å². The van der Waals surface area contributed by atoms with Gasteiger partial charge < -0.3 is 9.73 Å². The highest BCUT2D eigenvalue weighted by Crippen LogP contribution is 2.19. The summed E-state index contributed by atoms with van der Waals surface area (Å²) in [6.07, 6.45) is 6.42. The van der Waals surface area contributed by atoms with Crippen molar-refractivity contribution in [3.63, 3.8) is 0 Å². The number of carbonyl (C=O) groups is 1. The van der Waals surface area contributed by atoms with Gasteiger partial charge in [-0.05, 0) is 24.1 Å². The van der Waals surface area contributed by atoms with Crippen molar-refractivity contribution in [3.05, 3.63) is 90.7 Å². The number of amides is 1. The first kappa shape index (κ1) is 17.7. The van der Waals surface area contributed by atoms with Crippen molar-refractivity contribution in [2.45, 2.75) is 19.4 Å². The van der Waals surface area contributed by atoms with E-state index in [1.807, 2.05) is 71.5 Å². The summed E-state index contributed by atoms with van der Waals surface area (Å²) < 4.78 is 7.51. The molecule has 0 atom stereocenters. The van der Waals surface area contributed by atoms with Gasteiger partial charge in [-0.3, -0.25) is 4.79 Å². The quantitative estimate of drug-likeness (QED) is 0.536. The van der Waals surface area contributed by atoms with Gasteiger partial charge in [0.05, 0.1) is 24.6 Å². The molecule has 2 heterocycles. The van der Waals surface area contributed by atoms with Crippen molar-refractivity contribution in [2.24, 2.45) is 0 Å². The first-order chi connectivity index (χ1) is 13.8. The maximum atomic E-state index is 12.1. The second-order valence-corrected chi connectivity index (χ2v) is 6.39. The Bertz CT molecular complexity index is 955. The lowest BCUT2D eigenvalue weighted by atomic mass is 10.2. The lowest BCUT2D eigenvalue weighted by Crippen LogP contribution is -2.23. The number of nitrogens with zero attached hydrogens (tertiary/aromatic N) is 3. The van der Waals surface area contributed by atoms with E-state index in [9.17, 15) is 4.79 Å². The molecule has 0 fully saturated rings. The zero-order chi connectivity index (χ0) is 19.2. The fraction of sp³-hybridized carbons (Fsp3) is 0.136. The summed E-state index contributed by atoms with van der Waals surface area (Å²) in [5.41, 5.74) is 2.97. The van der Waals surface area contributed by atoms with Crippen molar-refractivity contribution in [3.8, 4) is 17.0 Å². The fourth-order valence-electron chi connectivity index (χ4n) is 2.86. The van der Waals surface area contributed by atoms with Crippen LogP contribution in [-0.4, -0.2) is 20.7 Å². The molecule has 0 aliphatic carbocycles. The number of carbonyl (C=O) groups excluding carboxylic acids is 1. The zero-order valence-electron chi connectivity index (χ0n) is 15.3. The minimum absolute atomic E-state index is 0.0491. The number of benzene rings is 2. The average Bonchev–Trinajstić information content (AvgIpc) is 3.42. The standard InChI is InChI=1S/C22H20N4O2/c27-21(12-11-17-13-25-26(16-17)19-9-5-2-6-10-19)23-15-22-24-14-20(28-22)18-7-3-1-4-8-18/h1-10,13-14,16H,11-12,15H2,(H,23,27). The molecule has 0 spiro atoms. The summed E-state index contributed by atoms with van der Waals surface area (Å²) in [4.78, 5) is 16.4. The third-order valence-electron chi connectivity index (χ3n) is 4.35. The van der Waals surface area contributed by atoms with Crippen LogP contribution in [0.15, 0.2) is 83.7 Å². The smallest absolute Gasteiger partial charge is 0.220 e. The third kappa shape index (κ3) is 4.35. The Hall–Kier alpha value is -3.67. The highest BCUT2D eigenvalue weighted by atomic mass is 16.4. The molecule has 0 unspecified atom stereocenters. The Balaban J connectivity index is 1.26. The van der Waals surface area contributed by atoms with Crippen LogP contribution in [-0.2, 0) is 17.8 Å². The van der Waals surface area contributed by atoms with Crippen LogP contribution in [0.4, 0.5) is 0 Å². The molecule has 4 rings (SSSR count). The molecule has 1 amide bonds. The predicted molar refractivity (Wildman–Crippen MR) is 106 cm³/mol. The van der Waals surface area contributed by atoms with Gasteiger partial charge in [-0.2, -0.15) is 5.10 Å². The Morgan fingerprint density at radius 3 is 2.54 bits per heavy atom. The molecule has 0 radical (unpaired) electrons. The van der Waals surface area contributed by atoms with Crippen LogP contribution in [0.25, 0.3) is 17.0 Å². The zero-order valence-corrected chi connectivity index (χ0v) is 15.3. The number of aromatic nitrogens is 3. The molecule has 2 aromatic heterocycles. The third-order valence-corrected chi connectivity index (χ3v) is 4.35. The summed E-state index contributed by atoms with van der Waals surface area (Å²) in [6.45, 7) is 0.273. The molecule has 140 valence electrons. The molecule has 2 aromatic carbocycles. The highest BCUT2D eigenvalue weighted by Gasteiger charge is 2.09. The minimum atomic E-state index is -0.0491. The Morgan fingerprint density at radius 1 is 1.00 bits per heavy atom. The van der Waals surface area contributed by atoms with E-state index in [0.717, 1.165) is 16.8 Å². The predicted octanol–water partition coefficient (Wildman–Crippen LogP) is 3.78. The number of hydrogen-bond donors (Lipinski definition) is 1. The second kappa shape index (κ2) is 8.35. The highest BCUT2D eigenvalue weighted by molar-refractivity contribution is 5.76. The van der Waals surface area contributed by atoms with Crippen LogP contribution in [0.5, 0.6) is 0 Å². The first-order valence-corrected chi connectivity index (χ1v) is 9.14. The van der Waals surface area contributed by atoms with E-state index < -0.39 is 0 Å². The number of nitrogens with one attached hydrogen (secondary N) is 1. The molecule has 0 saturated heterocycles. The van der Waals surface area contributed by atoms with E-state index in [2.05, 4.69) is 15.4 Å². The Morgan fingerprint density at radius 2 is 1.75 bits per heavy atom. The van der Waals surface area contributed by atoms with Crippen molar-refractivity contribution in [2.75, 3.05) is 0 Å². The van der Waals surface area contributed by atoms with Crippen molar-refractivity contribution in [1.29, 1.82) is 0 Å². The maximum Gasteiger partial charge on any atom is 0.220 e. The van der Waals surface area contributed by atoms with Crippen LogP contribution in [0, 0.1) is 0 Å². The van der Waals surface area contributed by atoms with Gasteiger partial charge in [0.1, 0.15) is 0 Å². The molecule has 6 nitrogen and oxygen atoms in total. The van der Waals surface area contributed by atoms with Crippen LogP contribution in [0.2, 0.25) is 0 Å². The molecule has 0 saturated carbocycles. The van der Waals surface area contributed by atoms with Crippen LogP contribution in [0.3, 0.4) is 0 Å². The van der Waals surface area contributed by atoms with E-state index in [4.69, 9.17) is 4.42 Å². The van der Waals surface area contributed by atoms with Gasteiger partial charge in [0.25, 0.3) is 0 Å². The van der Waals surface area contributed by atoms with Crippen molar-refractivity contribution < 1.29 is 9.21 Å². The van der Waals surface area contributed by atoms with Crippen LogP contribution >= 0.6 is 0 Å². The molecule has 4 aromatic rings. The van der Waals surface area contributed by atoms with Crippen molar-refractivity contribution >= 4 is 5.91 Å². The molecular formula is C22H20N4O2. The van der Waals surface area contributed by atoms with Gasteiger partial charge in [0.15, 0.2) is 5.76 Å². The minimum Gasteiger partial charge on any atom is -0.439 e. The SMILES string of the molecule is O=C(CCc1cnn(-c2ccccc2)c1)NCc1ncc(-c2ccccc2)o1. The summed E-state index contributed by atoms with van der Waals surface area (Å²) in [7, 11) is 0. The molecule has 28 heavy (non-hydrogen) atoms. The van der Waals surface area contributed by atoms with Crippen LogP contribution in [0.1, 0.15) is 17.9 Å². The Kier molecular flexibility index (Phi) is 5.29. The van der Waals surface area contributed by atoms with E-state index in [-0.39, 0.29) is 12.5 Å². The van der Waals surface area contributed by atoms with Crippen molar-refractivity contribution in [1.82, 2.24) is 20.1 Å². The van der Waals surface area contributed by atoms with Gasteiger partial charge >= 0.3 is 0 Å². The maximum absolute atomic E-state index is 12.1.